The Labute approximate surface area is 147 Å². The van der Waals surface area contributed by atoms with Gasteiger partial charge in [0.2, 0.25) is 0 Å². The molecule has 0 saturated heterocycles. The van der Waals surface area contributed by atoms with E-state index in [0.29, 0.717) is 17.0 Å². The molecule has 0 radical (unpaired) electrons. The van der Waals surface area contributed by atoms with Crippen LogP contribution in [0.2, 0.25) is 5.02 Å². The van der Waals surface area contributed by atoms with E-state index in [-0.39, 0.29) is 18.7 Å². The minimum Gasteiger partial charge on any atom is -0.458 e. The molecule has 118 valence electrons. The first-order chi connectivity index (χ1) is 11.1. The maximum Gasteiger partial charge on any atom is 0.338 e. The molecule has 1 atom stereocenters. The maximum atomic E-state index is 12.0. The third-order valence-corrected chi connectivity index (χ3v) is 4.26. The minimum absolute atomic E-state index is 0.145. The quantitative estimate of drug-likeness (QED) is 0.720. The molecule has 0 N–H and O–H groups in total. The van der Waals surface area contributed by atoms with Crippen LogP contribution in [0, 0.1) is 0 Å². The van der Waals surface area contributed by atoms with Crippen molar-refractivity contribution in [3.05, 3.63) is 69.2 Å². The van der Waals surface area contributed by atoms with Gasteiger partial charge >= 0.3 is 5.97 Å². The highest BCUT2D eigenvalue weighted by Gasteiger charge is 2.25. The van der Waals surface area contributed by atoms with E-state index in [4.69, 9.17) is 21.2 Å². The van der Waals surface area contributed by atoms with Crippen LogP contribution in [0.1, 0.15) is 22.3 Å². The molecule has 0 spiro atoms. The Hall–Kier alpha value is -1.85. The van der Waals surface area contributed by atoms with E-state index in [1.807, 2.05) is 18.2 Å². The lowest BCUT2D eigenvalue weighted by Gasteiger charge is -2.09. The first-order valence-corrected chi connectivity index (χ1v) is 8.21. The Morgan fingerprint density at radius 2 is 2.00 bits per heavy atom. The molecular formula is C17H13BrClNO3. The number of carbonyl (C=O) groups is 1. The number of esters is 1. The van der Waals surface area contributed by atoms with Gasteiger partial charge in [-0.3, -0.25) is 0 Å². The second-order valence-corrected chi connectivity index (χ2v) is 6.38. The van der Waals surface area contributed by atoms with Gasteiger partial charge in [-0.15, -0.1) is 0 Å². The number of halogens is 2. The molecule has 23 heavy (non-hydrogen) atoms. The minimum atomic E-state index is -0.382. The van der Waals surface area contributed by atoms with Crippen LogP contribution in [0.25, 0.3) is 0 Å². The number of oxime groups is 1. The molecule has 1 heterocycles. The molecule has 0 amide bonds. The van der Waals surface area contributed by atoms with Gasteiger partial charge in [0.25, 0.3) is 0 Å². The maximum absolute atomic E-state index is 12.0. The SMILES string of the molecule is O=C(OC[C@H]1CC(c2ccccc2Cl)=NO1)c1ccc(Br)cc1. The molecular weight excluding hydrogens is 382 g/mol. The average molecular weight is 395 g/mol. The van der Waals surface area contributed by atoms with Crippen molar-refractivity contribution in [1.29, 1.82) is 0 Å². The van der Waals surface area contributed by atoms with Gasteiger partial charge in [-0.2, -0.15) is 0 Å². The monoisotopic (exact) mass is 393 g/mol. The normalized spacial score (nSPS) is 16.6. The van der Waals surface area contributed by atoms with Gasteiger partial charge in [0.1, 0.15) is 6.61 Å². The molecule has 0 fully saturated rings. The molecule has 0 saturated carbocycles. The fraction of sp³-hybridized carbons (Fsp3) is 0.176. The predicted molar refractivity (Wildman–Crippen MR) is 91.9 cm³/mol. The highest BCUT2D eigenvalue weighted by Crippen LogP contribution is 2.23. The van der Waals surface area contributed by atoms with E-state index in [0.717, 1.165) is 15.7 Å². The predicted octanol–water partition coefficient (Wildman–Crippen LogP) is 4.45. The van der Waals surface area contributed by atoms with Crippen molar-refractivity contribution in [1.82, 2.24) is 0 Å². The van der Waals surface area contributed by atoms with E-state index in [1.54, 1.807) is 30.3 Å². The molecule has 3 rings (SSSR count). The van der Waals surface area contributed by atoms with Gasteiger partial charge in [0, 0.05) is 21.5 Å². The number of nitrogens with zero attached hydrogens (tertiary/aromatic N) is 1. The van der Waals surface area contributed by atoms with E-state index in [1.165, 1.54) is 0 Å². The van der Waals surface area contributed by atoms with Crippen LogP contribution >= 0.6 is 27.5 Å². The highest BCUT2D eigenvalue weighted by molar-refractivity contribution is 9.10. The molecule has 1 aliphatic rings. The second kappa shape index (κ2) is 7.15. The first-order valence-electron chi connectivity index (χ1n) is 7.04. The number of ether oxygens (including phenoxy) is 1. The Bertz CT molecular complexity index is 746. The van der Waals surface area contributed by atoms with Crippen LogP contribution in [-0.4, -0.2) is 24.4 Å². The number of carbonyl (C=O) groups excluding carboxylic acids is 1. The fourth-order valence-corrected chi connectivity index (χ4v) is 2.72. The molecule has 6 heteroatoms. The summed E-state index contributed by atoms with van der Waals surface area (Å²) in [6.45, 7) is 0.145. The van der Waals surface area contributed by atoms with Crippen molar-refractivity contribution in [2.45, 2.75) is 12.5 Å². The zero-order valence-electron chi connectivity index (χ0n) is 12.0. The summed E-state index contributed by atoms with van der Waals surface area (Å²) in [4.78, 5) is 17.3. The van der Waals surface area contributed by atoms with Crippen molar-refractivity contribution >= 4 is 39.2 Å². The molecule has 4 nitrogen and oxygen atoms in total. The van der Waals surface area contributed by atoms with Crippen molar-refractivity contribution in [2.75, 3.05) is 6.61 Å². The van der Waals surface area contributed by atoms with Crippen molar-refractivity contribution in [3.8, 4) is 0 Å². The Balaban J connectivity index is 1.54. The second-order valence-electron chi connectivity index (χ2n) is 5.05. The summed E-state index contributed by atoms with van der Waals surface area (Å²) in [5.41, 5.74) is 2.11. The third kappa shape index (κ3) is 3.92. The average Bonchev–Trinajstić information content (AvgIpc) is 3.02. The lowest BCUT2D eigenvalue weighted by Crippen LogP contribution is -2.19. The van der Waals surface area contributed by atoms with Gasteiger partial charge in [0.15, 0.2) is 6.10 Å². The van der Waals surface area contributed by atoms with Gasteiger partial charge < -0.3 is 9.57 Å². The van der Waals surface area contributed by atoms with Gasteiger partial charge in [-0.25, -0.2) is 4.79 Å². The zero-order valence-corrected chi connectivity index (χ0v) is 14.4. The van der Waals surface area contributed by atoms with Gasteiger partial charge in [-0.05, 0) is 30.3 Å². The van der Waals surface area contributed by atoms with Gasteiger partial charge in [0.05, 0.1) is 11.3 Å². The summed E-state index contributed by atoms with van der Waals surface area (Å²) in [7, 11) is 0. The van der Waals surface area contributed by atoms with Crippen LogP contribution in [0.3, 0.4) is 0 Å². The zero-order chi connectivity index (χ0) is 16.2. The van der Waals surface area contributed by atoms with Crippen LogP contribution < -0.4 is 0 Å². The molecule has 0 aromatic heterocycles. The third-order valence-electron chi connectivity index (χ3n) is 3.40. The van der Waals surface area contributed by atoms with E-state index >= 15 is 0 Å². The summed E-state index contributed by atoms with van der Waals surface area (Å²) in [6.07, 6.45) is 0.262. The van der Waals surface area contributed by atoms with Crippen molar-refractivity contribution in [3.63, 3.8) is 0 Å². The number of hydrogen-bond donors (Lipinski definition) is 0. The summed E-state index contributed by atoms with van der Waals surface area (Å²) in [6, 6.07) is 14.4. The smallest absolute Gasteiger partial charge is 0.338 e. The molecule has 0 unspecified atom stereocenters. The van der Waals surface area contributed by atoms with Crippen molar-refractivity contribution in [2.24, 2.45) is 5.16 Å². The summed E-state index contributed by atoms with van der Waals surface area (Å²) < 4.78 is 6.19. The Morgan fingerprint density at radius 3 is 2.74 bits per heavy atom. The van der Waals surface area contributed by atoms with Crippen LogP contribution in [0.5, 0.6) is 0 Å². The molecule has 0 aliphatic carbocycles. The van der Waals surface area contributed by atoms with Crippen LogP contribution in [0.4, 0.5) is 0 Å². The Morgan fingerprint density at radius 1 is 1.26 bits per heavy atom. The molecule has 0 bridgehead atoms. The number of hydrogen-bond acceptors (Lipinski definition) is 4. The van der Waals surface area contributed by atoms with Gasteiger partial charge in [-0.1, -0.05) is 50.9 Å². The lowest BCUT2D eigenvalue weighted by atomic mass is 10.1. The highest BCUT2D eigenvalue weighted by atomic mass is 79.9. The molecule has 2 aromatic rings. The Kier molecular flexibility index (Phi) is 4.98. The fourth-order valence-electron chi connectivity index (χ4n) is 2.21. The summed E-state index contributed by atoms with van der Waals surface area (Å²) in [5, 5.41) is 4.67. The van der Waals surface area contributed by atoms with E-state index in [2.05, 4.69) is 21.1 Å². The first kappa shape index (κ1) is 16.0. The number of rotatable bonds is 4. The summed E-state index contributed by atoms with van der Waals surface area (Å²) >= 11 is 9.47. The lowest BCUT2D eigenvalue weighted by molar-refractivity contribution is 0.00686. The van der Waals surface area contributed by atoms with Crippen LogP contribution in [0.15, 0.2) is 58.2 Å². The standard InChI is InChI=1S/C17H13BrClNO3/c18-12-7-5-11(6-8-12)17(21)22-10-13-9-16(20-23-13)14-3-1-2-4-15(14)19/h1-8,13H,9-10H2/t13-/m1/s1. The largest absolute Gasteiger partial charge is 0.458 e. The molecule has 2 aromatic carbocycles. The summed E-state index contributed by atoms with van der Waals surface area (Å²) in [5.74, 6) is -0.382. The van der Waals surface area contributed by atoms with E-state index in [9.17, 15) is 4.79 Å². The van der Waals surface area contributed by atoms with E-state index < -0.39 is 0 Å². The molecule has 1 aliphatic heterocycles. The topological polar surface area (TPSA) is 47.9 Å². The van der Waals surface area contributed by atoms with Crippen LogP contribution in [-0.2, 0) is 9.57 Å². The number of benzene rings is 2. The van der Waals surface area contributed by atoms with Crippen molar-refractivity contribution < 1.29 is 14.4 Å².